The molecule has 4 aromatic rings. The summed E-state index contributed by atoms with van der Waals surface area (Å²) in [5.41, 5.74) is 4.55. The van der Waals surface area contributed by atoms with E-state index in [1.165, 1.54) is 33.1 Å². The van der Waals surface area contributed by atoms with Gasteiger partial charge in [-0.25, -0.2) is 9.97 Å². The zero-order chi connectivity index (χ0) is 32.5. The van der Waals surface area contributed by atoms with Crippen LogP contribution < -0.4 is 24.4 Å². The lowest BCUT2D eigenvalue weighted by Crippen LogP contribution is -2.42. The van der Waals surface area contributed by atoms with Gasteiger partial charge in [0, 0.05) is 43.4 Å². The molecule has 10 nitrogen and oxygen atoms in total. The maximum atomic E-state index is 14.3. The average molecular weight is 630 g/mol. The number of nitrogens with zero attached hydrogens (tertiary/aromatic N) is 4. The minimum atomic E-state index is -1.07. The Morgan fingerprint density at radius 2 is 1.44 bits per heavy atom. The lowest BCUT2D eigenvalue weighted by Gasteiger charge is -2.32. The van der Waals surface area contributed by atoms with Crippen LogP contribution in [-0.2, 0) is 16.1 Å². The van der Waals surface area contributed by atoms with E-state index in [0.717, 1.165) is 22.6 Å². The number of nitrogens with one attached hydrogen (secondary N) is 1. The normalized spacial score (nSPS) is 11.4. The molecule has 0 radical (unpaired) electrons. The summed E-state index contributed by atoms with van der Waals surface area (Å²) in [5.74, 6) is 0.449. The standard InChI is InChI=1S/C34H39N5O5S/c1-22-17-23(2)36-34(35-22)45-21-30(40)39(20-24-11-9-8-10-12-24)31(25-18-28(42-5)32(44-7)29(19-25)43-6)33(41)37-26-13-15-27(16-14-26)38(3)4/h8-19,31H,20-21H2,1-7H3,(H,37,41)/t31-/m0/s1. The molecule has 0 unspecified atom stereocenters. The third kappa shape index (κ3) is 8.45. The second-order valence-electron chi connectivity index (χ2n) is 10.5. The number of thioether (sulfide) groups is 1. The zero-order valence-corrected chi connectivity index (χ0v) is 27.5. The van der Waals surface area contributed by atoms with Crippen LogP contribution in [0.1, 0.15) is 28.6 Å². The Hall–Kier alpha value is -4.77. The van der Waals surface area contributed by atoms with E-state index in [2.05, 4.69) is 15.3 Å². The minimum absolute atomic E-state index is 0.0153. The summed E-state index contributed by atoms with van der Waals surface area (Å²) >= 11 is 1.23. The molecule has 0 spiro atoms. The SMILES string of the molecule is COc1cc([C@@H](C(=O)Nc2ccc(N(C)C)cc2)N(Cc2ccccc2)C(=O)CSc2nc(C)cc(C)n2)cc(OC)c1OC. The first kappa shape index (κ1) is 33.1. The number of benzene rings is 3. The Labute approximate surface area is 268 Å². The van der Waals surface area contributed by atoms with Gasteiger partial charge in [0.2, 0.25) is 11.7 Å². The lowest BCUT2D eigenvalue weighted by atomic mass is 10.0. The highest BCUT2D eigenvalue weighted by Gasteiger charge is 2.34. The molecule has 1 N–H and O–H groups in total. The molecule has 0 saturated carbocycles. The second kappa shape index (κ2) is 15.3. The molecule has 236 valence electrons. The van der Waals surface area contributed by atoms with Gasteiger partial charge < -0.3 is 29.3 Å². The highest BCUT2D eigenvalue weighted by molar-refractivity contribution is 7.99. The highest BCUT2D eigenvalue weighted by Crippen LogP contribution is 2.41. The topological polar surface area (TPSA) is 106 Å². The van der Waals surface area contributed by atoms with Crippen molar-refractivity contribution in [3.05, 3.63) is 95.3 Å². The Morgan fingerprint density at radius 3 is 1.98 bits per heavy atom. The van der Waals surface area contributed by atoms with Crippen molar-refractivity contribution in [3.63, 3.8) is 0 Å². The summed E-state index contributed by atoms with van der Waals surface area (Å²) in [6.45, 7) is 3.94. The van der Waals surface area contributed by atoms with E-state index >= 15 is 0 Å². The predicted molar refractivity (Wildman–Crippen MR) is 177 cm³/mol. The van der Waals surface area contributed by atoms with Gasteiger partial charge in [-0.1, -0.05) is 42.1 Å². The number of aromatic nitrogens is 2. The molecule has 0 fully saturated rings. The number of rotatable bonds is 13. The second-order valence-corrected chi connectivity index (χ2v) is 11.5. The first-order valence-electron chi connectivity index (χ1n) is 14.3. The summed E-state index contributed by atoms with van der Waals surface area (Å²) < 4.78 is 16.8. The summed E-state index contributed by atoms with van der Waals surface area (Å²) in [6.07, 6.45) is 0. The van der Waals surface area contributed by atoms with E-state index < -0.39 is 11.9 Å². The first-order valence-corrected chi connectivity index (χ1v) is 15.3. The number of hydrogen-bond donors (Lipinski definition) is 1. The smallest absolute Gasteiger partial charge is 0.251 e. The molecule has 0 aliphatic rings. The van der Waals surface area contributed by atoms with Gasteiger partial charge in [0.1, 0.15) is 6.04 Å². The number of methoxy groups -OCH3 is 3. The predicted octanol–water partition coefficient (Wildman–Crippen LogP) is 5.69. The van der Waals surface area contributed by atoms with Crippen molar-refractivity contribution in [2.75, 3.05) is 51.4 Å². The molecule has 45 heavy (non-hydrogen) atoms. The maximum absolute atomic E-state index is 14.3. The van der Waals surface area contributed by atoms with Crippen molar-refractivity contribution in [2.24, 2.45) is 0 Å². The average Bonchev–Trinajstić information content (AvgIpc) is 3.03. The van der Waals surface area contributed by atoms with Crippen molar-refractivity contribution in [3.8, 4) is 17.2 Å². The van der Waals surface area contributed by atoms with Gasteiger partial charge in [-0.15, -0.1) is 0 Å². The molecular weight excluding hydrogens is 590 g/mol. The van der Waals surface area contributed by atoms with Gasteiger partial charge in [0.25, 0.3) is 5.91 Å². The molecule has 2 amide bonds. The summed E-state index contributed by atoms with van der Waals surface area (Å²) in [6, 6.07) is 21.2. The van der Waals surface area contributed by atoms with Crippen LogP contribution >= 0.6 is 11.8 Å². The molecule has 3 aromatic carbocycles. The van der Waals surface area contributed by atoms with Crippen LogP contribution in [0.3, 0.4) is 0 Å². The number of hydrogen-bond acceptors (Lipinski definition) is 9. The zero-order valence-electron chi connectivity index (χ0n) is 26.7. The van der Waals surface area contributed by atoms with E-state index in [9.17, 15) is 9.59 Å². The van der Waals surface area contributed by atoms with E-state index in [0.29, 0.717) is 33.7 Å². The molecule has 1 aromatic heterocycles. The monoisotopic (exact) mass is 629 g/mol. The van der Waals surface area contributed by atoms with Gasteiger partial charge in [-0.3, -0.25) is 9.59 Å². The van der Waals surface area contributed by atoms with E-state index in [4.69, 9.17) is 14.2 Å². The van der Waals surface area contributed by atoms with Gasteiger partial charge in [0.15, 0.2) is 16.7 Å². The van der Waals surface area contributed by atoms with E-state index in [1.54, 1.807) is 17.0 Å². The van der Waals surface area contributed by atoms with Crippen molar-refractivity contribution in [1.29, 1.82) is 0 Å². The third-order valence-electron chi connectivity index (χ3n) is 7.02. The molecule has 11 heteroatoms. The summed E-state index contributed by atoms with van der Waals surface area (Å²) in [7, 11) is 8.43. The van der Waals surface area contributed by atoms with Gasteiger partial charge in [-0.2, -0.15) is 0 Å². The largest absolute Gasteiger partial charge is 0.493 e. The molecule has 1 heterocycles. The number of carbonyl (C=O) groups is 2. The molecule has 0 aliphatic carbocycles. The molecule has 0 saturated heterocycles. The van der Waals surface area contributed by atoms with Crippen LogP contribution in [0.5, 0.6) is 17.2 Å². The highest BCUT2D eigenvalue weighted by atomic mass is 32.2. The van der Waals surface area contributed by atoms with Gasteiger partial charge >= 0.3 is 0 Å². The molecule has 0 aliphatic heterocycles. The van der Waals surface area contributed by atoms with Crippen molar-refractivity contribution in [2.45, 2.75) is 31.6 Å². The van der Waals surface area contributed by atoms with E-state index in [1.807, 2.05) is 93.5 Å². The third-order valence-corrected chi connectivity index (χ3v) is 7.85. The number of anilines is 2. The van der Waals surface area contributed by atoms with Gasteiger partial charge in [0.05, 0.1) is 27.1 Å². The Morgan fingerprint density at radius 1 is 0.844 bits per heavy atom. The van der Waals surface area contributed by atoms with Crippen LogP contribution in [0, 0.1) is 13.8 Å². The maximum Gasteiger partial charge on any atom is 0.251 e. The van der Waals surface area contributed by atoms with Crippen LogP contribution in [0.2, 0.25) is 0 Å². The molecule has 4 rings (SSSR count). The summed E-state index contributed by atoms with van der Waals surface area (Å²) in [5, 5.41) is 3.52. The lowest BCUT2D eigenvalue weighted by molar-refractivity contribution is -0.137. The first-order chi connectivity index (χ1) is 21.6. The molecule has 1 atom stereocenters. The Balaban J connectivity index is 1.80. The van der Waals surface area contributed by atoms with Crippen molar-refractivity contribution < 1.29 is 23.8 Å². The number of aryl methyl sites for hydroxylation is 2. The number of carbonyl (C=O) groups excluding carboxylic acids is 2. The van der Waals surface area contributed by atoms with Crippen LogP contribution in [-0.4, -0.2) is 67.9 Å². The van der Waals surface area contributed by atoms with Crippen LogP contribution in [0.25, 0.3) is 0 Å². The molecular formula is C34H39N5O5S. The number of ether oxygens (including phenoxy) is 3. The quantitative estimate of drug-likeness (QED) is 0.148. The minimum Gasteiger partial charge on any atom is -0.493 e. The molecule has 0 bridgehead atoms. The fourth-order valence-corrected chi connectivity index (χ4v) is 5.69. The van der Waals surface area contributed by atoms with Crippen molar-refractivity contribution in [1.82, 2.24) is 14.9 Å². The Kier molecular flexibility index (Phi) is 11.3. The summed E-state index contributed by atoms with van der Waals surface area (Å²) in [4.78, 5) is 41.0. The number of amides is 2. The van der Waals surface area contributed by atoms with E-state index in [-0.39, 0.29) is 18.2 Å². The van der Waals surface area contributed by atoms with Crippen molar-refractivity contribution >= 4 is 35.0 Å². The van der Waals surface area contributed by atoms with Crippen LogP contribution in [0.15, 0.2) is 78.0 Å². The van der Waals surface area contributed by atoms with Gasteiger partial charge in [-0.05, 0) is 67.4 Å². The Bertz CT molecular complexity index is 1570. The fraction of sp³-hybridized carbons (Fsp3) is 0.294. The fourth-order valence-electron chi connectivity index (χ4n) is 4.86. The van der Waals surface area contributed by atoms with Crippen LogP contribution in [0.4, 0.5) is 11.4 Å².